The summed E-state index contributed by atoms with van der Waals surface area (Å²) in [5.74, 6) is 0.890. The summed E-state index contributed by atoms with van der Waals surface area (Å²) in [6, 6.07) is 17.5. The second-order valence-electron chi connectivity index (χ2n) is 9.04. The number of pyridine rings is 1. The molecule has 0 aliphatic carbocycles. The molecule has 0 unspecified atom stereocenters. The van der Waals surface area contributed by atoms with Gasteiger partial charge in [0.05, 0.1) is 27.2 Å². The summed E-state index contributed by atoms with van der Waals surface area (Å²) in [6.45, 7) is 2.14. The third-order valence-electron chi connectivity index (χ3n) is 6.22. The monoisotopic (exact) mass is 434 g/mol. The molecule has 4 rings (SSSR count). The molecule has 3 aromatic rings. The lowest BCUT2D eigenvalue weighted by Gasteiger charge is -2.40. The zero-order valence-corrected chi connectivity index (χ0v) is 18.8. The van der Waals surface area contributed by atoms with Crippen molar-refractivity contribution in [2.75, 3.05) is 34.2 Å². The van der Waals surface area contributed by atoms with Crippen LogP contribution in [0.2, 0.25) is 0 Å². The van der Waals surface area contributed by atoms with E-state index in [1.165, 1.54) is 12.1 Å². The second-order valence-corrected chi connectivity index (χ2v) is 9.04. The Bertz CT molecular complexity index is 1070. The number of ether oxygens (including phenoxy) is 1. The smallest absolute Gasteiger partial charge is 0.272 e. The molecule has 32 heavy (non-hydrogen) atoms. The first-order chi connectivity index (χ1) is 15.3. The number of amides is 1. The number of carbonyl (C=O) groups excluding carboxylic acids is 1. The fraction of sp³-hybridized carbons (Fsp3) is 0.308. The highest BCUT2D eigenvalue weighted by Crippen LogP contribution is 2.27. The number of nitrogens with zero attached hydrogens (tertiary/aromatic N) is 3. The van der Waals surface area contributed by atoms with Crippen LogP contribution < -0.4 is 4.74 Å². The molecule has 0 atom stereocenters. The molecule has 2 aromatic carbocycles. The molecule has 1 fully saturated rings. The molecule has 0 N–H and O–H groups in total. The molecule has 0 radical (unpaired) electrons. The molecular formula is C26H29FN3O2+. The van der Waals surface area contributed by atoms with E-state index in [0.717, 1.165) is 41.5 Å². The fourth-order valence-electron chi connectivity index (χ4n) is 4.07. The molecule has 166 valence electrons. The molecule has 1 aromatic heterocycles. The van der Waals surface area contributed by atoms with Crippen molar-refractivity contribution in [2.45, 2.75) is 18.9 Å². The van der Waals surface area contributed by atoms with E-state index < -0.39 is 0 Å². The van der Waals surface area contributed by atoms with Crippen molar-refractivity contribution < 1.29 is 18.4 Å². The second kappa shape index (κ2) is 9.09. The Morgan fingerprint density at radius 2 is 1.56 bits per heavy atom. The zero-order chi connectivity index (χ0) is 22.7. The number of piperidine rings is 1. The van der Waals surface area contributed by atoms with Gasteiger partial charge in [-0.3, -0.25) is 9.78 Å². The van der Waals surface area contributed by atoms with Crippen molar-refractivity contribution in [3.8, 4) is 22.6 Å². The number of likely N-dealkylation sites (tertiary alicyclic amines) is 1. The molecule has 0 bridgehead atoms. The van der Waals surface area contributed by atoms with Crippen molar-refractivity contribution >= 4 is 5.91 Å². The van der Waals surface area contributed by atoms with E-state index in [4.69, 9.17) is 4.74 Å². The highest BCUT2D eigenvalue weighted by atomic mass is 19.1. The molecule has 6 heteroatoms. The van der Waals surface area contributed by atoms with Crippen molar-refractivity contribution in [1.82, 2.24) is 9.88 Å². The summed E-state index contributed by atoms with van der Waals surface area (Å²) in [6.07, 6.45) is 3.69. The van der Waals surface area contributed by atoms with Gasteiger partial charge in [-0.1, -0.05) is 12.1 Å². The number of benzene rings is 2. The van der Waals surface area contributed by atoms with Crippen LogP contribution in [0.1, 0.15) is 23.3 Å². The number of rotatable bonds is 5. The summed E-state index contributed by atoms with van der Waals surface area (Å²) in [5, 5.41) is 0. The minimum absolute atomic E-state index is 0.0414. The number of aromatic nitrogens is 1. The van der Waals surface area contributed by atoms with Gasteiger partial charge >= 0.3 is 0 Å². The van der Waals surface area contributed by atoms with Gasteiger partial charge in [0.15, 0.2) is 0 Å². The highest BCUT2D eigenvalue weighted by molar-refractivity contribution is 5.93. The number of quaternary nitrogens is 1. The first-order valence-corrected chi connectivity index (χ1v) is 10.9. The largest absolute Gasteiger partial charge is 0.457 e. The lowest BCUT2D eigenvalue weighted by atomic mass is 10.0. The highest BCUT2D eigenvalue weighted by Gasteiger charge is 2.31. The van der Waals surface area contributed by atoms with Gasteiger partial charge < -0.3 is 14.1 Å². The minimum atomic E-state index is -0.298. The van der Waals surface area contributed by atoms with Crippen LogP contribution in [0.4, 0.5) is 4.39 Å². The summed E-state index contributed by atoms with van der Waals surface area (Å²) in [7, 11) is 6.35. The van der Waals surface area contributed by atoms with Crippen molar-refractivity contribution in [1.29, 1.82) is 0 Å². The lowest BCUT2D eigenvalue weighted by Crippen LogP contribution is -2.52. The molecule has 1 aliphatic heterocycles. The molecule has 5 nitrogen and oxygen atoms in total. The first-order valence-electron chi connectivity index (χ1n) is 10.9. The Balaban J connectivity index is 1.45. The lowest BCUT2D eigenvalue weighted by molar-refractivity contribution is -0.895. The Labute approximate surface area is 188 Å². The first kappa shape index (κ1) is 22.0. The van der Waals surface area contributed by atoms with Crippen molar-refractivity contribution in [2.24, 2.45) is 0 Å². The Morgan fingerprint density at radius 3 is 2.19 bits per heavy atom. The summed E-state index contributed by atoms with van der Waals surface area (Å²) < 4.78 is 19.8. The quantitative estimate of drug-likeness (QED) is 0.531. The van der Waals surface area contributed by atoms with Crippen LogP contribution in [0.3, 0.4) is 0 Å². The molecule has 1 amide bonds. The number of halogens is 1. The van der Waals surface area contributed by atoms with Crippen LogP contribution in [0.15, 0.2) is 66.9 Å². The predicted octanol–water partition coefficient (Wildman–Crippen LogP) is 4.99. The van der Waals surface area contributed by atoms with Gasteiger partial charge in [-0.15, -0.1) is 0 Å². The van der Waals surface area contributed by atoms with Crippen molar-refractivity contribution in [3.05, 3.63) is 78.4 Å². The van der Waals surface area contributed by atoms with E-state index >= 15 is 0 Å². The normalized spacial score (nSPS) is 15.9. The van der Waals surface area contributed by atoms with Gasteiger partial charge in [0, 0.05) is 32.1 Å². The Hall–Kier alpha value is -3.25. The van der Waals surface area contributed by atoms with Gasteiger partial charge in [0.1, 0.15) is 23.0 Å². The van der Waals surface area contributed by atoms with Crippen LogP contribution >= 0.6 is 0 Å². The van der Waals surface area contributed by atoms with Gasteiger partial charge in [-0.25, -0.2) is 4.39 Å². The Kier molecular flexibility index (Phi) is 6.24. The summed E-state index contributed by atoms with van der Waals surface area (Å²) >= 11 is 0. The molecule has 0 spiro atoms. The standard InChI is InChI=1S/C26H29FN3O2/c1-29(22-13-16-30(2,3)17-14-22)26(31)25-18-20(12-15-28-25)19-4-8-23(9-5-19)32-24-10-6-21(27)7-11-24/h4-12,15,18,22H,13-14,16-17H2,1-3H3/q+1. The maximum atomic E-state index is 13.1. The van der Waals surface area contributed by atoms with E-state index in [9.17, 15) is 9.18 Å². The van der Waals surface area contributed by atoms with Crippen LogP contribution in [0.25, 0.3) is 11.1 Å². The SMILES string of the molecule is CN(C(=O)c1cc(-c2ccc(Oc3ccc(F)cc3)cc2)ccn1)C1CC[N+](C)(C)CC1. The van der Waals surface area contributed by atoms with Gasteiger partial charge in [0.25, 0.3) is 5.91 Å². The van der Waals surface area contributed by atoms with Crippen LogP contribution in [0, 0.1) is 5.82 Å². The van der Waals surface area contributed by atoms with Gasteiger partial charge in [0.2, 0.25) is 0 Å². The number of hydrogen-bond acceptors (Lipinski definition) is 3. The van der Waals surface area contributed by atoms with Crippen molar-refractivity contribution in [3.63, 3.8) is 0 Å². The average molecular weight is 435 g/mol. The molecule has 0 saturated carbocycles. The maximum Gasteiger partial charge on any atom is 0.272 e. The topological polar surface area (TPSA) is 42.4 Å². The van der Waals surface area contributed by atoms with E-state index in [0.29, 0.717) is 17.2 Å². The van der Waals surface area contributed by atoms with E-state index in [-0.39, 0.29) is 17.8 Å². The third kappa shape index (κ3) is 5.14. The van der Waals surface area contributed by atoms with Crippen LogP contribution in [0.5, 0.6) is 11.5 Å². The summed E-state index contributed by atoms with van der Waals surface area (Å²) in [5.41, 5.74) is 2.34. The summed E-state index contributed by atoms with van der Waals surface area (Å²) in [4.78, 5) is 19.3. The van der Waals surface area contributed by atoms with Crippen LogP contribution in [-0.2, 0) is 0 Å². The van der Waals surface area contributed by atoms with Gasteiger partial charge in [-0.2, -0.15) is 0 Å². The third-order valence-corrected chi connectivity index (χ3v) is 6.22. The molecule has 1 aliphatic rings. The number of hydrogen-bond donors (Lipinski definition) is 0. The van der Waals surface area contributed by atoms with E-state index in [1.807, 2.05) is 48.3 Å². The van der Waals surface area contributed by atoms with Gasteiger partial charge in [-0.05, 0) is 59.7 Å². The number of carbonyl (C=O) groups is 1. The maximum absolute atomic E-state index is 13.1. The fourth-order valence-corrected chi connectivity index (χ4v) is 4.07. The Morgan fingerprint density at radius 1 is 0.969 bits per heavy atom. The average Bonchev–Trinajstić information content (AvgIpc) is 2.80. The molecule has 2 heterocycles. The minimum Gasteiger partial charge on any atom is -0.457 e. The zero-order valence-electron chi connectivity index (χ0n) is 18.8. The van der Waals surface area contributed by atoms with Crippen LogP contribution in [-0.4, -0.2) is 60.5 Å². The van der Waals surface area contributed by atoms with E-state index in [2.05, 4.69) is 19.1 Å². The van der Waals surface area contributed by atoms with E-state index in [1.54, 1.807) is 18.3 Å². The predicted molar refractivity (Wildman–Crippen MR) is 123 cm³/mol. The molecular weight excluding hydrogens is 405 g/mol. The molecule has 1 saturated heterocycles.